The van der Waals surface area contributed by atoms with Crippen LogP contribution in [0, 0.1) is 12.8 Å². The molecule has 1 aliphatic carbocycles. The number of nitrogens with two attached hydrogens (primary N) is 1. The zero-order valence-electron chi connectivity index (χ0n) is 12.0. The van der Waals surface area contributed by atoms with Crippen LogP contribution in [0.15, 0.2) is 18.2 Å². The lowest BCUT2D eigenvalue weighted by atomic mass is 9.91. The predicted octanol–water partition coefficient (Wildman–Crippen LogP) is 3.40. The maximum Gasteiger partial charge on any atom is 0.254 e. The molecule has 1 heterocycles. The van der Waals surface area contributed by atoms with Crippen LogP contribution in [-0.4, -0.2) is 23.4 Å². The highest BCUT2D eigenvalue weighted by Crippen LogP contribution is 2.37. The monoisotopic (exact) mass is 294 g/mol. The summed E-state index contributed by atoms with van der Waals surface area (Å²) < 4.78 is 0. The summed E-state index contributed by atoms with van der Waals surface area (Å²) in [5.41, 5.74) is 8.32. The first kappa shape index (κ1) is 15.2. The minimum absolute atomic E-state index is 0. The first-order chi connectivity index (χ1) is 9.16. The second kappa shape index (κ2) is 6.04. The molecule has 2 unspecified atom stereocenters. The molecule has 2 atom stereocenters. The zero-order valence-corrected chi connectivity index (χ0v) is 12.8. The van der Waals surface area contributed by atoms with Crippen LogP contribution in [0.1, 0.15) is 48.0 Å². The largest absolute Gasteiger partial charge is 0.399 e. The Bertz CT molecular complexity index is 503. The number of hydrogen-bond donors (Lipinski definition) is 1. The third-order valence-corrected chi connectivity index (χ3v) is 4.75. The van der Waals surface area contributed by atoms with Crippen molar-refractivity contribution in [3.8, 4) is 0 Å². The number of rotatable bonds is 1. The molecule has 0 radical (unpaired) electrons. The van der Waals surface area contributed by atoms with Crippen molar-refractivity contribution in [3.05, 3.63) is 29.3 Å². The summed E-state index contributed by atoms with van der Waals surface area (Å²) in [5, 5.41) is 0. The summed E-state index contributed by atoms with van der Waals surface area (Å²) in [6.07, 6.45) is 6.19. The van der Waals surface area contributed by atoms with E-state index in [-0.39, 0.29) is 18.3 Å². The van der Waals surface area contributed by atoms with Gasteiger partial charge in [-0.05, 0) is 56.2 Å². The number of halogens is 1. The first-order valence-electron chi connectivity index (χ1n) is 7.34. The second-order valence-corrected chi connectivity index (χ2v) is 5.97. The smallest absolute Gasteiger partial charge is 0.254 e. The molecule has 0 spiro atoms. The number of piperidine rings is 1. The van der Waals surface area contributed by atoms with Gasteiger partial charge in [0.2, 0.25) is 0 Å². The third kappa shape index (κ3) is 2.64. The van der Waals surface area contributed by atoms with E-state index in [1.165, 1.54) is 25.7 Å². The number of carbonyl (C=O) groups excluding carboxylic acids is 1. The van der Waals surface area contributed by atoms with Gasteiger partial charge in [-0.15, -0.1) is 12.4 Å². The normalized spacial score (nSPS) is 24.9. The summed E-state index contributed by atoms with van der Waals surface area (Å²) in [6.45, 7) is 2.90. The van der Waals surface area contributed by atoms with Gasteiger partial charge < -0.3 is 10.6 Å². The van der Waals surface area contributed by atoms with E-state index in [0.717, 1.165) is 30.0 Å². The molecule has 1 saturated heterocycles. The molecule has 110 valence electrons. The van der Waals surface area contributed by atoms with E-state index in [0.29, 0.717) is 11.7 Å². The number of benzene rings is 1. The molecule has 1 aromatic rings. The van der Waals surface area contributed by atoms with E-state index < -0.39 is 0 Å². The van der Waals surface area contributed by atoms with Gasteiger partial charge in [0.05, 0.1) is 0 Å². The number of amides is 1. The van der Waals surface area contributed by atoms with Gasteiger partial charge in [-0.2, -0.15) is 0 Å². The van der Waals surface area contributed by atoms with Crippen molar-refractivity contribution in [1.82, 2.24) is 4.90 Å². The maximum atomic E-state index is 12.8. The minimum Gasteiger partial charge on any atom is -0.399 e. The van der Waals surface area contributed by atoms with E-state index in [2.05, 4.69) is 4.90 Å². The first-order valence-corrected chi connectivity index (χ1v) is 7.34. The second-order valence-electron chi connectivity index (χ2n) is 5.97. The number of fused-ring (bicyclic) bond motifs is 1. The molecule has 20 heavy (non-hydrogen) atoms. The molecule has 2 aliphatic rings. The molecular weight excluding hydrogens is 272 g/mol. The standard InChI is InChI=1S/C16H22N2O.ClH/c1-11-7-8-13(17)10-14(11)16(19)18-9-3-5-12-4-2-6-15(12)18;/h7-8,10,12,15H,2-6,9,17H2,1H3;1H. The number of carbonyl (C=O) groups is 1. The molecule has 2 fully saturated rings. The average molecular weight is 295 g/mol. The van der Waals surface area contributed by atoms with Gasteiger partial charge >= 0.3 is 0 Å². The van der Waals surface area contributed by atoms with Crippen molar-refractivity contribution in [2.45, 2.75) is 45.1 Å². The van der Waals surface area contributed by atoms with Gasteiger partial charge in [0.25, 0.3) is 5.91 Å². The molecule has 1 aliphatic heterocycles. The van der Waals surface area contributed by atoms with Crippen LogP contribution in [0.2, 0.25) is 0 Å². The van der Waals surface area contributed by atoms with Crippen molar-refractivity contribution >= 4 is 24.0 Å². The van der Waals surface area contributed by atoms with Gasteiger partial charge in [0.1, 0.15) is 0 Å². The van der Waals surface area contributed by atoms with Gasteiger partial charge in [0.15, 0.2) is 0 Å². The average Bonchev–Trinajstić information content (AvgIpc) is 2.89. The highest BCUT2D eigenvalue weighted by atomic mass is 35.5. The minimum atomic E-state index is 0. The number of nitrogens with zero attached hydrogens (tertiary/aromatic N) is 1. The topological polar surface area (TPSA) is 46.3 Å². The molecule has 0 bridgehead atoms. The number of nitrogen functional groups attached to an aromatic ring is 1. The van der Waals surface area contributed by atoms with E-state index in [1.807, 2.05) is 25.1 Å². The molecule has 3 rings (SSSR count). The number of aryl methyl sites for hydroxylation is 1. The van der Waals surface area contributed by atoms with Gasteiger partial charge in [-0.1, -0.05) is 12.5 Å². The lowest BCUT2D eigenvalue weighted by Gasteiger charge is -2.38. The van der Waals surface area contributed by atoms with E-state index in [1.54, 1.807) is 0 Å². The summed E-state index contributed by atoms with van der Waals surface area (Å²) in [5.74, 6) is 0.917. The van der Waals surface area contributed by atoms with Crippen molar-refractivity contribution in [3.63, 3.8) is 0 Å². The Labute approximate surface area is 126 Å². The van der Waals surface area contributed by atoms with Crippen molar-refractivity contribution in [2.75, 3.05) is 12.3 Å². The van der Waals surface area contributed by atoms with Crippen LogP contribution in [0.4, 0.5) is 5.69 Å². The Morgan fingerprint density at radius 2 is 2.00 bits per heavy atom. The quantitative estimate of drug-likeness (QED) is 0.807. The van der Waals surface area contributed by atoms with E-state index in [4.69, 9.17) is 5.73 Å². The van der Waals surface area contributed by atoms with Gasteiger partial charge in [-0.3, -0.25) is 4.79 Å². The molecule has 1 aromatic carbocycles. The van der Waals surface area contributed by atoms with E-state index >= 15 is 0 Å². The van der Waals surface area contributed by atoms with E-state index in [9.17, 15) is 4.79 Å². The summed E-state index contributed by atoms with van der Waals surface area (Å²) in [7, 11) is 0. The Morgan fingerprint density at radius 3 is 2.80 bits per heavy atom. The molecule has 3 nitrogen and oxygen atoms in total. The van der Waals surface area contributed by atoms with Crippen LogP contribution in [0.5, 0.6) is 0 Å². The third-order valence-electron chi connectivity index (χ3n) is 4.75. The SMILES string of the molecule is Cc1ccc(N)cc1C(=O)N1CCCC2CCCC21.Cl. The fourth-order valence-electron chi connectivity index (χ4n) is 3.73. The Hall–Kier alpha value is -1.22. The highest BCUT2D eigenvalue weighted by Gasteiger charge is 2.37. The van der Waals surface area contributed by atoms with Crippen LogP contribution in [0.3, 0.4) is 0 Å². The summed E-state index contributed by atoms with van der Waals surface area (Å²) in [4.78, 5) is 14.9. The Morgan fingerprint density at radius 1 is 1.25 bits per heavy atom. The molecule has 0 aromatic heterocycles. The van der Waals surface area contributed by atoms with Crippen LogP contribution >= 0.6 is 12.4 Å². The maximum absolute atomic E-state index is 12.8. The fourth-order valence-corrected chi connectivity index (χ4v) is 3.73. The van der Waals surface area contributed by atoms with Crippen molar-refractivity contribution in [2.24, 2.45) is 5.92 Å². The van der Waals surface area contributed by atoms with Crippen LogP contribution in [0.25, 0.3) is 0 Å². The lowest BCUT2D eigenvalue weighted by Crippen LogP contribution is -2.46. The Balaban J connectivity index is 0.00000147. The molecule has 1 amide bonds. The summed E-state index contributed by atoms with van der Waals surface area (Å²) >= 11 is 0. The molecule has 1 saturated carbocycles. The van der Waals surface area contributed by atoms with Crippen molar-refractivity contribution < 1.29 is 4.79 Å². The highest BCUT2D eigenvalue weighted by molar-refractivity contribution is 5.96. The lowest BCUT2D eigenvalue weighted by molar-refractivity contribution is 0.0547. The van der Waals surface area contributed by atoms with Gasteiger partial charge in [0, 0.05) is 23.8 Å². The van der Waals surface area contributed by atoms with Crippen molar-refractivity contribution in [1.29, 1.82) is 0 Å². The molecule has 4 heteroatoms. The molecular formula is C16H23ClN2O. The Kier molecular flexibility index (Phi) is 4.59. The fraction of sp³-hybridized carbons (Fsp3) is 0.562. The predicted molar refractivity (Wildman–Crippen MR) is 84.2 cm³/mol. The number of likely N-dealkylation sites (tertiary alicyclic amines) is 1. The van der Waals surface area contributed by atoms with Crippen LogP contribution in [-0.2, 0) is 0 Å². The number of anilines is 1. The zero-order chi connectivity index (χ0) is 13.4. The van der Waals surface area contributed by atoms with Crippen LogP contribution < -0.4 is 5.73 Å². The summed E-state index contributed by atoms with van der Waals surface area (Å²) in [6, 6.07) is 6.11. The number of hydrogen-bond acceptors (Lipinski definition) is 2. The van der Waals surface area contributed by atoms with Gasteiger partial charge in [-0.25, -0.2) is 0 Å². The molecule has 2 N–H and O–H groups in total.